The smallest absolute Gasteiger partial charge is 0.132 e. The van der Waals surface area contributed by atoms with Gasteiger partial charge in [-0.2, -0.15) is 0 Å². The van der Waals surface area contributed by atoms with E-state index in [0.717, 1.165) is 11.5 Å². The van der Waals surface area contributed by atoms with Crippen LogP contribution in [0.1, 0.15) is 26.0 Å². The van der Waals surface area contributed by atoms with Gasteiger partial charge in [0.05, 0.1) is 5.84 Å². The molecule has 1 aromatic heterocycles. The zero-order chi connectivity index (χ0) is 12.1. The Morgan fingerprint density at radius 1 is 1.50 bits per heavy atom. The number of nitrogens with zero attached hydrogens (tertiary/aromatic N) is 3. The lowest BCUT2D eigenvalue weighted by Gasteiger charge is -2.27. The van der Waals surface area contributed by atoms with Gasteiger partial charge < -0.3 is 10.6 Å². The van der Waals surface area contributed by atoms with E-state index in [4.69, 9.17) is 11.1 Å². The predicted molar refractivity (Wildman–Crippen MR) is 65.8 cm³/mol. The fraction of sp³-hybridized carbons (Fsp3) is 0.545. The zero-order valence-electron chi connectivity index (χ0n) is 10.1. The lowest BCUT2D eigenvalue weighted by molar-refractivity contribution is 0.677. The second-order valence-corrected chi connectivity index (χ2v) is 4.08. The molecule has 0 atom stereocenters. The van der Waals surface area contributed by atoms with Crippen molar-refractivity contribution in [2.45, 2.75) is 33.2 Å². The highest BCUT2D eigenvalue weighted by atomic mass is 15.2. The molecule has 1 rings (SSSR count). The van der Waals surface area contributed by atoms with Crippen molar-refractivity contribution >= 4 is 11.7 Å². The van der Waals surface area contributed by atoms with Crippen molar-refractivity contribution in [1.82, 2.24) is 9.97 Å². The second-order valence-electron chi connectivity index (χ2n) is 4.08. The highest BCUT2D eigenvalue weighted by Crippen LogP contribution is 2.14. The summed E-state index contributed by atoms with van der Waals surface area (Å²) in [6.07, 6.45) is 2.12. The molecule has 88 valence electrons. The first kappa shape index (κ1) is 12.4. The van der Waals surface area contributed by atoms with Crippen LogP contribution in [0.5, 0.6) is 0 Å². The summed E-state index contributed by atoms with van der Waals surface area (Å²) in [5.41, 5.74) is 6.32. The number of hydrogen-bond donors (Lipinski definition) is 2. The quantitative estimate of drug-likeness (QED) is 0.580. The Balaban J connectivity index is 2.81. The molecule has 5 heteroatoms. The number of anilines is 1. The number of nitrogens with two attached hydrogens (primary N) is 1. The number of amidine groups is 1. The maximum atomic E-state index is 7.25. The largest absolute Gasteiger partial charge is 0.388 e. The maximum absolute atomic E-state index is 7.25. The summed E-state index contributed by atoms with van der Waals surface area (Å²) in [4.78, 5) is 10.4. The molecule has 0 aliphatic carbocycles. The first-order chi connectivity index (χ1) is 7.50. The predicted octanol–water partition coefficient (Wildman–Crippen LogP) is 1.33. The van der Waals surface area contributed by atoms with Crippen LogP contribution in [0, 0.1) is 12.3 Å². The van der Waals surface area contributed by atoms with Crippen LogP contribution in [0.3, 0.4) is 0 Å². The van der Waals surface area contributed by atoms with E-state index in [9.17, 15) is 0 Å². The van der Waals surface area contributed by atoms with Gasteiger partial charge in [-0.15, -0.1) is 0 Å². The highest BCUT2D eigenvalue weighted by molar-refractivity contribution is 5.77. The van der Waals surface area contributed by atoms with Crippen molar-refractivity contribution in [3.8, 4) is 0 Å². The van der Waals surface area contributed by atoms with Crippen molar-refractivity contribution in [2.24, 2.45) is 5.73 Å². The van der Waals surface area contributed by atoms with Crippen LogP contribution in [0.25, 0.3) is 0 Å². The first-order valence-corrected chi connectivity index (χ1v) is 5.39. The van der Waals surface area contributed by atoms with Crippen LogP contribution in [0.2, 0.25) is 0 Å². The summed E-state index contributed by atoms with van der Waals surface area (Å²) < 4.78 is 0. The second kappa shape index (κ2) is 5.44. The molecule has 0 aromatic carbocycles. The summed E-state index contributed by atoms with van der Waals surface area (Å²) >= 11 is 0. The Labute approximate surface area is 96.2 Å². The van der Waals surface area contributed by atoms with Crippen molar-refractivity contribution < 1.29 is 0 Å². The molecule has 0 bridgehead atoms. The minimum Gasteiger partial charge on any atom is -0.388 e. The molecule has 0 saturated carbocycles. The van der Waals surface area contributed by atoms with E-state index >= 15 is 0 Å². The molecule has 1 heterocycles. The molecule has 0 aliphatic heterocycles. The van der Waals surface area contributed by atoms with E-state index in [-0.39, 0.29) is 5.84 Å². The van der Waals surface area contributed by atoms with Gasteiger partial charge in [0.15, 0.2) is 0 Å². The molecular formula is C11H19N5. The van der Waals surface area contributed by atoms with Gasteiger partial charge in [0.1, 0.15) is 12.1 Å². The van der Waals surface area contributed by atoms with E-state index in [1.807, 2.05) is 13.0 Å². The summed E-state index contributed by atoms with van der Waals surface area (Å²) in [6, 6.07) is 2.27. The lowest BCUT2D eigenvalue weighted by atomic mass is 10.2. The molecule has 16 heavy (non-hydrogen) atoms. The fourth-order valence-electron chi connectivity index (χ4n) is 1.48. The Morgan fingerprint density at radius 2 is 2.19 bits per heavy atom. The van der Waals surface area contributed by atoms with Crippen LogP contribution >= 0.6 is 0 Å². The number of rotatable bonds is 5. The van der Waals surface area contributed by atoms with E-state index in [2.05, 4.69) is 28.7 Å². The van der Waals surface area contributed by atoms with Crippen LogP contribution in [0.4, 0.5) is 5.82 Å². The minimum absolute atomic E-state index is 0.205. The van der Waals surface area contributed by atoms with Crippen molar-refractivity contribution in [3.05, 3.63) is 18.1 Å². The van der Waals surface area contributed by atoms with Crippen LogP contribution in [0.15, 0.2) is 12.4 Å². The SMILES string of the molecule is Cc1cc(N(CCC(=N)N)C(C)C)ncn1. The van der Waals surface area contributed by atoms with E-state index < -0.39 is 0 Å². The average Bonchev–Trinajstić information content (AvgIpc) is 2.17. The van der Waals surface area contributed by atoms with Crippen LogP contribution in [-0.2, 0) is 0 Å². The van der Waals surface area contributed by atoms with Gasteiger partial charge in [0, 0.05) is 30.8 Å². The monoisotopic (exact) mass is 221 g/mol. The third-order valence-corrected chi connectivity index (χ3v) is 2.33. The molecule has 0 spiro atoms. The standard InChI is InChI=1S/C11H19N5/c1-8(2)16(5-4-10(12)13)11-6-9(3)14-7-15-11/h6-8H,4-5H2,1-3H3,(H3,12,13). The molecular weight excluding hydrogens is 202 g/mol. The maximum Gasteiger partial charge on any atom is 0.132 e. The van der Waals surface area contributed by atoms with Gasteiger partial charge in [-0.25, -0.2) is 9.97 Å². The van der Waals surface area contributed by atoms with Gasteiger partial charge in [0.25, 0.3) is 0 Å². The van der Waals surface area contributed by atoms with E-state index in [0.29, 0.717) is 19.0 Å². The highest BCUT2D eigenvalue weighted by Gasteiger charge is 2.12. The summed E-state index contributed by atoms with van der Waals surface area (Å²) in [6.45, 7) is 6.84. The molecule has 1 aromatic rings. The molecule has 0 aliphatic rings. The fourth-order valence-corrected chi connectivity index (χ4v) is 1.48. The third kappa shape index (κ3) is 3.49. The van der Waals surface area contributed by atoms with Crippen molar-refractivity contribution in [3.63, 3.8) is 0 Å². The molecule has 0 unspecified atom stereocenters. The topological polar surface area (TPSA) is 78.9 Å². The van der Waals surface area contributed by atoms with Gasteiger partial charge in [-0.3, -0.25) is 5.41 Å². The molecule has 0 radical (unpaired) electrons. The van der Waals surface area contributed by atoms with Gasteiger partial charge in [0.2, 0.25) is 0 Å². The molecule has 0 saturated heterocycles. The summed E-state index contributed by atoms with van der Waals surface area (Å²) in [5, 5.41) is 7.25. The van der Waals surface area contributed by atoms with Gasteiger partial charge in [-0.1, -0.05) is 0 Å². The Hall–Kier alpha value is -1.65. The number of hydrogen-bond acceptors (Lipinski definition) is 4. The Kier molecular flexibility index (Phi) is 4.22. The number of aromatic nitrogens is 2. The van der Waals surface area contributed by atoms with Gasteiger partial charge >= 0.3 is 0 Å². The van der Waals surface area contributed by atoms with Gasteiger partial charge in [-0.05, 0) is 20.8 Å². The number of nitrogens with one attached hydrogen (secondary N) is 1. The van der Waals surface area contributed by atoms with Crippen LogP contribution < -0.4 is 10.6 Å². The average molecular weight is 221 g/mol. The Morgan fingerprint density at radius 3 is 2.69 bits per heavy atom. The first-order valence-electron chi connectivity index (χ1n) is 5.39. The summed E-state index contributed by atoms with van der Waals surface area (Å²) in [5.74, 6) is 1.10. The molecule has 5 nitrogen and oxygen atoms in total. The molecule has 3 N–H and O–H groups in total. The number of aryl methyl sites for hydroxylation is 1. The van der Waals surface area contributed by atoms with E-state index in [1.54, 1.807) is 6.33 Å². The van der Waals surface area contributed by atoms with E-state index in [1.165, 1.54) is 0 Å². The molecule has 0 amide bonds. The summed E-state index contributed by atoms with van der Waals surface area (Å²) in [7, 11) is 0. The minimum atomic E-state index is 0.205. The Bertz CT molecular complexity index is 361. The normalized spacial score (nSPS) is 10.5. The van der Waals surface area contributed by atoms with Crippen molar-refractivity contribution in [2.75, 3.05) is 11.4 Å². The lowest BCUT2D eigenvalue weighted by Crippen LogP contribution is -2.34. The zero-order valence-corrected chi connectivity index (χ0v) is 10.1. The third-order valence-electron chi connectivity index (χ3n) is 2.33. The molecule has 0 fully saturated rings. The van der Waals surface area contributed by atoms with Crippen LogP contribution in [-0.4, -0.2) is 28.4 Å². The van der Waals surface area contributed by atoms with Crippen molar-refractivity contribution in [1.29, 1.82) is 5.41 Å².